The minimum atomic E-state index is -0.398. The van der Waals surface area contributed by atoms with Crippen molar-refractivity contribution < 1.29 is 9.53 Å². The quantitative estimate of drug-likeness (QED) is 0.563. The molecule has 3 N–H and O–H groups in total. The first-order valence-electron chi connectivity index (χ1n) is 6.00. The molecule has 0 saturated carbocycles. The number of carbonyl (C=O) groups excluding carboxylic acids is 1. The SMILES string of the molecule is CC(C)NC(=S)NNC(=O)COc1ccccc1C#N. The van der Waals surface area contributed by atoms with E-state index < -0.39 is 5.91 Å². The standard InChI is InChI=1S/C13H16N4O2S/c1-9(2)15-13(20)17-16-12(18)8-19-11-6-4-3-5-10(11)7-14/h3-6,9H,8H2,1-2H3,(H,16,18)(H2,15,17,20). The van der Waals surface area contributed by atoms with Crippen molar-refractivity contribution >= 4 is 23.2 Å². The number of hydrogen-bond acceptors (Lipinski definition) is 4. The zero-order valence-corrected chi connectivity index (χ0v) is 12.1. The molecule has 20 heavy (non-hydrogen) atoms. The molecule has 0 unspecified atom stereocenters. The molecule has 0 radical (unpaired) electrons. The highest BCUT2D eigenvalue weighted by Crippen LogP contribution is 2.15. The molecular formula is C13H16N4O2S. The van der Waals surface area contributed by atoms with Gasteiger partial charge in [0.05, 0.1) is 5.56 Å². The summed E-state index contributed by atoms with van der Waals surface area (Å²) >= 11 is 4.95. The Hall–Kier alpha value is -2.33. The van der Waals surface area contributed by atoms with Gasteiger partial charge in [-0.25, -0.2) is 0 Å². The van der Waals surface area contributed by atoms with Crippen molar-refractivity contribution in [2.45, 2.75) is 19.9 Å². The van der Waals surface area contributed by atoms with Crippen LogP contribution in [0.2, 0.25) is 0 Å². The van der Waals surface area contributed by atoms with E-state index in [1.165, 1.54) is 0 Å². The number of hydrazine groups is 1. The summed E-state index contributed by atoms with van der Waals surface area (Å²) < 4.78 is 5.26. The first kappa shape index (κ1) is 15.7. The van der Waals surface area contributed by atoms with Crippen LogP contribution in [0.15, 0.2) is 24.3 Å². The van der Waals surface area contributed by atoms with Crippen LogP contribution >= 0.6 is 12.2 Å². The van der Waals surface area contributed by atoms with Crippen LogP contribution < -0.4 is 20.9 Å². The fourth-order valence-electron chi connectivity index (χ4n) is 1.29. The Morgan fingerprint density at radius 2 is 2.10 bits per heavy atom. The number of benzene rings is 1. The third-order valence-electron chi connectivity index (χ3n) is 2.10. The monoisotopic (exact) mass is 292 g/mol. The Labute approximate surface area is 123 Å². The molecule has 0 atom stereocenters. The van der Waals surface area contributed by atoms with Crippen molar-refractivity contribution in [3.05, 3.63) is 29.8 Å². The van der Waals surface area contributed by atoms with Crippen LogP contribution in [0.3, 0.4) is 0 Å². The van der Waals surface area contributed by atoms with Gasteiger partial charge in [-0.2, -0.15) is 5.26 Å². The molecule has 0 heterocycles. The van der Waals surface area contributed by atoms with Crippen molar-refractivity contribution in [3.8, 4) is 11.8 Å². The van der Waals surface area contributed by atoms with Crippen molar-refractivity contribution in [2.24, 2.45) is 0 Å². The predicted molar refractivity (Wildman–Crippen MR) is 78.8 cm³/mol. The number of ether oxygens (including phenoxy) is 1. The van der Waals surface area contributed by atoms with Crippen LogP contribution in [0, 0.1) is 11.3 Å². The number of amides is 1. The van der Waals surface area contributed by atoms with E-state index in [9.17, 15) is 4.79 Å². The lowest BCUT2D eigenvalue weighted by Crippen LogP contribution is -2.49. The number of nitriles is 1. The minimum absolute atomic E-state index is 0.172. The second-order valence-corrected chi connectivity index (χ2v) is 4.61. The summed E-state index contributed by atoms with van der Waals surface area (Å²) in [5.41, 5.74) is 5.33. The van der Waals surface area contributed by atoms with E-state index in [0.717, 1.165) is 0 Å². The smallest absolute Gasteiger partial charge is 0.276 e. The van der Waals surface area contributed by atoms with Gasteiger partial charge in [0, 0.05) is 6.04 Å². The van der Waals surface area contributed by atoms with Gasteiger partial charge >= 0.3 is 0 Å². The fourth-order valence-corrected chi connectivity index (χ4v) is 1.58. The molecule has 0 spiro atoms. The molecule has 0 aliphatic rings. The molecule has 7 heteroatoms. The molecule has 1 amide bonds. The summed E-state index contributed by atoms with van der Waals surface area (Å²) in [6.07, 6.45) is 0. The van der Waals surface area contributed by atoms with Gasteiger partial charge in [0.1, 0.15) is 11.8 Å². The summed E-state index contributed by atoms with van der Waals surface area (Å²) in [6.45, 7) is 3.64. The highest BCUT2D eigenvalue weighted by Gasteiger charge is 2.06. The topological polar surface area (TPSA) is 86.2 Å². The Kier molecular flexibility index (Phi) is 6.26. The number of thiocarbonyl (C=S) groups is 1. The third-order valence-corrected chi connectivity index (χ3v) is 2.32. The van der Waals surface area contributed by atoms with Crippen molar-refractivity contribution in [1.82, 2.24) is 16.2 Å². The molecule has 6 nitrogen and oxygen atoms in total. The molecule has 0 aliphatic carbocycles. The van der Waals surface area contributed by atoms with Gasteiger partial charge in [-0.05, 0) is 38.2 Å². The zero-order chi connectivity index (χ0) is 15.0. The van der Waals surface area contributed by atoms with Gasteiger partial charge in [0.2, 0.25) is 0 Å². The summed E-state index contributed by atoms with van der Waals surface area (Å²) in [5.74, 6) is -0.0290. The van der Waals surface area contributed by atoms with Gasteiger partial charge in [0.25, 0.3) is 5.91 Å². The van der Waals surface area contributed by atoms with Gasteiger partial charge in [-0.1, -0.05) is 12.1 Å². The maximum absolute atomic E-state index is 11.5. The van der Waals surface area contributed by atoms with Crippen molar-refractivity contribution in [1.29, 1.82) is 5.26 Å². The third kappa shape index (κ3) is 5.54. The number of rotatable bonds is 4. The first-order valence-corrected chi connectivity index (χ1v) is 6.41. The van der Waals surface area contributed by atoms with E-state index in [1.54, 1.807) is 24.3 Å². The van der Waals surface area contributed by atoms with E-state index in [2.05, 4.69) is 16.2 Å². The normalized spacial score (nSPS) is 9.50. The molecule has 1 rings (SSSR count). The average molecular weight is 292 g/mol. The lowest BCUT2D eigenvalue weighted by molar-refractivity contribution is -0.123. The van der Waals surface area contributed by atoms with E-state index >= 15 is 0 Å². The summed E-state index contributed by atoms with van der Waals surface area (Å²) in [7, 11) is 0. The van der Waals surface area contributed by atoms with E-state index in [0.29, 0.717) is 16.4 Å². The van der Waals surface area contributed by atoms with E-state index in [4.69, 9.17) is 22.2 Å². The molecule has 106 valence electrons. The van der Waals surface area contributed by atoms with Crippen LogP contribution in [-0.2, 0) is 4.79 Å². The van der Waals surface area contributed by atoms with Crippen LogP contribution in [0.1, 0.15) is 19.4 Å². The molecule has 0 fully saturated rings. The Bertz CT molecular complexity index is 525. The van der Waals surface area contributed by atoms with Crippen LogP contribution in [0.25, 0.3) is 0 Å². The van der Waals surface area contributed by atoms with Gasteiger partial charge in [-0.3, -0.25) is 15.6 Å². The second-order valence-electron chi connectivity index (χ2n) is 4.20. The first-order chi connectivity index (χ1) is 9.52. The fraction of sp³-hybridized carbons (Fsp3) is 0.308. The van der Waals surface area contributed by atoms with E-state index in [-0.39, 0.29) is 12.6 Å². The Balaban J connectivity index is 2.37. The molecule has 0 aliphatic heterocycles. The number of para-hydroxylation sites is 1. The molecule has 1 aromatic carbocycles. The maximum atomic E-state index is 11.5. The minimum Gasteiger partial charge on any atom is -0.482 e. The van der Waals surface area contributed by atoms with Crippen LogP contribution in [-0.4, -0.2) is 23.7 Å². The highest BCUT2D eigenvalue weighted by atomic mass is 32.1. The van der Waals surface area contributed by atoms with Crippen LogP contribution in [0.4, 0.5) is 0 Å². The second kappa shape index (κ2) is 7.96. The number of hydrogen-bond donors (Lipinski definition) is 3. The molecular weight excluding hydrogens is 276 g/mol. The molecule has 0 bridgehead atoms. The summed E-state index contributed by atoms with van der Waals surface area (Å²) in [6, 6.07) is 8.86. The lowest BCUT2D eigenvalue weighted by Gasteiger charge is -2.14. The molecule has 0 saturated heterocycles. The van der Waals surface area contributed by atoms with Crippen molar-refractivity contribution in [3.63, 3.8) is 0 Å². The van der Waals surface area contributed by atoms with E-state index in [1.807, 2.05) is 19.9 Å². The zero-order valence-electron chi connectivity index (χ0n) is 11.3. The van der Waals surface area contributed by atoms with Crippen LogP contribution in [0.5, 0.6) is 5.75 Å². The highest BCUT2D eigenvalue weighted by molar-refractivity contribution is 7.80. The average Bonchev–Trinajstić information content (AvgIpc) is 2.42. The maximum Gasteiger partial charge on any atom is 0.276 e. The Morgan fingerprint density at radius 3 is 2.75 bits per heavy atom. The molecule has 1 aromatic rings. The van der Waals surface area contributed by atoms with Gasteiger partial charge in [0.15, 0.2) is 11.7 Å². The summed E-state index contributed by atoms with van der Waals surface area (Å²) in [4.78, 5) is 11.5. The Morgan fingerprint density at radius 1 is 1.40 bits per heavy atom. The lowest BCUT2D eigenvalue weighted by atomic mass is 10.2. The largest absolute Gasteiger partial charge is 0.482 e. The summed E-state index contributed by atoms with van der Waals surface area (Å²) in [5, 5.41) is 12.1. The number of carbonyl (C=O) groups is 1. The predicted octanol–water partition coefficient (Wildman–Crippen LogP) is 0.841. The van der Waals surface area contributed by atoms with Crippen molar-refractivity contribution in [2.75, 3.05) is 6.61 Å². The molecule has 0 aromatic heterocycles. The number of nitrogens with zero attached hydrogens (tertiary/aromatic N) is 1. The number of nitrogens with one attached hydrogen (secondary N) is 3. The van der Waals surface area contributed by atoms with Gasteiger partial charge < -0.3 is 10.1 Å². The van der Waals surface area contributed by atoms with Gasteiger partial charge in [-0.15, -0.1) is 0 Å².